The van der Waals surface area contributed by atoms with E-state index in [-0.39, 0.29) is 5.75 Å². The second-order valence-corrected chi connectivity index (χ2v) is 8.26. The zero-order valence-corrected chi connectivity index (χ0v) is 20.0. The molecule has 0 aliphatic carbocycles. The van der Waals surface area contributed by atoms with Gasteiger partial charge in [0, 0.05) is 38.2 Å². The molecular formula is C26H34N4O4. The molecule has 2 saturated heterocycles. The summed E-state index contributed by atoms with van der Waals surface area (Å²) in [6.07, 6.45) is 3.99. The molecule has 2 aliphatic heterocycles. The number of benzene rings is 2. The minimum atomic E-state index is -0.961. The van der Waals surface area contributed by atoms with Crippen LogP contribution in [0.25, 0.3) is 22.3 Å². The predicted octanol–water partition coefficient (Wildman–Crippen LogP) is 4.98. The van der Waals surface area contributed by atoms with Gasteiger partial charge in [0.2, 0.25) is 0 Å². The highest BCUT2D eigenvalue weighted by Crippen LogP contribution is 2.32. The van der Waals surface area contributed by atoms with Crippen molar-refractivity contribution < 1.29 is 19.7 Å². The van der Waals surface area contributed by atoms with Crippen molar-refractivity contribution in [2.45, 2.75) is 39.5 Å². The van der Waals surface area contributed by atoms with Crippen LogP contribution in [0.1, 0.15) is 38.2 Å². The lowest BCUT2D eigenvalue weighted by atomic mass is 10.1. The number of fused-ring (bicyclic) bond motifs is 1. The first-order chi connectivity index (χ1) is 16.5. The third-order valence-electron chi connectivity index (χ3n) is 5.54. The summed E-state index contributed by atoms with van der Waals surface area (Å²) in [5.41, 5.74) is 2.78. The fraction of sp³-hybridized carbons (Fsp3) is 0.423. The first-order valence-electron chi connectivity index (χ1n) is 11.9. The minimum absolute atomic E-state index is 0.215. The maximum absolute atomic E-state index is 10.2. The number of aromatic hydroxyl groups is 1. The predicted molar refractivity (Wildman–Crippen MR) is 135 cm³/mol. The number of para-hydroxylation sites is 1. The Morgan fingerprint density at radius 1 is 1.06 bits per heavy atom. The summed E-state index contributed by atoms with van der Waals surface area (Å²) in [6, 6.07) is 13.5. The van der Waals surface area contributed by atoms with Gasteiger partial charge in [0.1, 0.15) is 11.6 Å². The van der Waals surface area contributed by atoms with Gasteiger partial charge in [-0.2, -0.15) is 0 Å². The van der Waals surface area contributed by atoms with E-state index < -0.39 is 6.09 Å². The van der Waals surface area contributed by atoms with E-state index in [9.17, 15) is 9.90 Å². The van der Waals surface area contributed by atoms with Gasteiger partial charge in [0.15, 0.2) is 5.82 Å². The summed E-state index contributed by atoms with van der Waals surface area (Å²) in [5, 5.41) is 21.2. The van der Waals surface area contributed by atoms with E-state index in [1.807, 2.05) is 18.2 Å². The first kappa shape index (κ1) is 25.2. The Morgan fingerprint density at radius 3 is 2.32 bits per heavy atom. The third-order valence-corrected chi connectivity index (χ3v) is 5.54. The first-order valence-corrected chi connectivity index (χ1v) is 11.9. The van der Waals surface area contributed by atoms with Crippen LogP contribution in [0.15, 0.2) is 42.5 Å². The molecule has 1 aromatic heterocycles. The summed E-state index contributed by atoms with van der Waals surface area (Å²) in [5.74, 6) is 1.78. The van der Waals surface area contributed by atoms with E-state index in [0.717, 1.165) is 43.0 Å². The maximum Gasteiger partial charge on any atom is 0.404 e. The van der Waals surface area contributed by atoms with Gasteiger partial charge in [0.05, 0.1) is 11.1 Å². The van der Waals surface area contributed by atoms with E-state index in [2.05, 4.69) is 35.3 Å². The van der Waals surface area contributed by atoms with Crippen molar-refractivity contribution in [1.82, 2.24) is 15.3 Å². The fourth-order valence-corrected chi connectivity index (χ4v) is 3.84. The highest BCUT2D eigenvalue weighted by atomic mass is 16.5. The number of rotatable bonds is 3. The number of phenolic OH excluding ortho intramolecular Hbond substituents is 1. The topological polar surface area (TPSA) is 108 Å². The molecule has 2 aliphatic rings. The SMILES string of the molecule is C1CCOC1.CCNC(=O)O.Cc1ccc2c(N3CCCC3)nc(-c3ccccc3O)nc2c1. The lowest BCUT2D eigenvalue weighted by Crippen LogP contribution is -2.20. The second-order valence-electron chi connectivity index (χ2n) is 8.26. The highest BCUT2D eigenvalue weighted by Gasteiger charge is 2.19. The number of phenols is 1. The lowest BCUT2D eigenvalue weighted by molar-refractivity contribution is 0.195. The van der Waals surface area contributed by atoms with E-state index in [4.69, 9.17) is 19.8 Å². The number of hydrogen-bond acceptors (Lipinski definition) is 6. The van der Waals surface area contributed by atoms with Crippen LogP contribution >= 0.6 is 0 Å². The summed E-state index contributed by atoms with van der Waals surface area (Å²) in [6.45, 7) is 8.33. The second kappa shape index (κ2) is 12.7. The Labute approximate surface area is 200 Å². The Kier molecular flexibility index (Phi) is 9.46. The summed E-state index contributed by atoms with van der Waals surface area (Å²) < 4.78 is 4.94. The van der Waals surface area contributed by atoms with Crippen molar-refractivity contribution in [3.63, 3.8) is 0 Å². The molecule has 5 rings (SSSR count). The summed E-state index contributed by atoms with van der Waals surface area (Å²) in [4.78, 5) is 21.3. The van der Waals surface area contributed by atoms with Gasteiger partial charge in [-0.3, -0.25) is 0 Å². The average Bonchev–Trinajstić information content (AvgIpc) is 3.56. The van der Waals surface area contributed by atoms with Crippen LogP contribution in [0.3, 0.4) is 0 Å². The van der Waals surface area contributed by atoms with Crippen LogP contribution in [-0.4, -0.2) is 59.1 Å². The van der Waals surface area contributed by atoms with Crippen molar-refractivity contribution in [3.05, 3.63) is 48.0 Å². The zero-order chi connectivity index (χ0) is 24.3. The van der Waals surface area contributed by atoms with E-state index >= 15 is 0 Å². The minimum Gasteiger partial charge on any atom is -0.507 e. The number of amides is 1. The molecule has 8 nitrogen and oxygen atoms in total. The van der Waals surface area contributed by atoms with Crippen LogP contribution in [-0.2, 0) is 4.74 Å². The molecule has 0 spiro atoms. The van der Waals surface area contributed by atoms with Gasteiger partial charge >= 0.3 is 6.09 Å². The Hall–Kier alpha value is -3.39. The quantitative estimate of drug-likeness (QED) is 0.499. The molecule has 1 amide bonds. The molecule has 2 aromatic carbocycles. The zero-order valence-electron chi connectivity index (χ0n) is 20.0. The van der Waals surface area contributed by atoms with Crippen LogP contribution in [0.5, 0.6) is 5.75 Å². The molecule has 34 heavy (non-hydrogen) atoms. The molecule has 0 saturated carbocycles. The number of carboxylic acid groups (broad SMARTS) is 1. The van der Waals surface area contributed by atoms with E-state index in [1.54, 1.807) is 13.0 Å². The number of aromatic nitrogens is 2. The monoisotopic (exact) mass is 466 g/mol. The van der Waals surface area contributed by atoms with Gasteiger partial charge in [-0.15, -0.1) is 0 Å². The van der Waals surface area contributed by atoms with Gasteiger partial charge < -0.3 is 25.2 Å². The van der Waals surface area contributed by atoms with Crippen LogP contribution < -0.4 is 10.2 Å². The van der Waals surface area contributed by atoms with E-state index in [1.165, 1.54) is 31.2 Å². The van der Waals surface area contributed by atoms with Crippen LogP contribution in [0, 0.1) is 6.92 Å². The summed E-state index contributed by atoms with van der Waals surface area (Å²) in [7, 11) is 0. The van der Waals surface area contributed by atoms with Gasteiger partial charge in [-0.25, -0.2) is 14.8 Å². The van der Waals surface area contributed by atoms with Gasteiger partial charge in [-0.1, -0.05) is 18.2 Å². The van der Waals surface area contributed by atoms with Crippen molar-refractivity contribution in [3.8, 4) is 17.1 Å². The molecule has 0 bridgehead atoms. The lowest BCUT2D eigenvalue weighted by Gasteiger charge is -2.19. The molecule has 3 heterocycles. The highest BCUT2D eigenvalue weighted by molar-refractivity contribution is 5.92. The standard InChI is InChI=1S/C19H19N3O.C4H8O.C3H7NO2/c1-13-8-9-14-16(12-13)20-18(15-6-2-3-7-17(15)23)21-19(14)22-10-4-5-11-22;1-2-4-5-3-1;1-2-4-3(5)6/h2-3,6-9,12,23H,4-5,10-11H2,1H3;1-4H2;4H,2H2,1H3,(H,5,6). The molecule has 0 unspecified atom stereocenters. The van der Waals surface area contributed by atoms with Gasteiger partial charge in [0.25, 0.3) is 0 Å². The number of hydrogen-bond donors (Lipinski definition) is 3. The maximum atomic E-state index is 10.2. The third kappa shape index (κ3) is 7.05. The van der Waals surface area contributed by atoms with Crippen LogP contribution in [0.4, 0.5) is 10.6 Å². The molecule has 0 radical (unpaired) electrons. The number of carbonyl (C=O) groups is 1. The molecule has 8 heteroatoms. The van der Waals surface area contributed by atoms with Gasteiger partial charge in [-0.05, 0) is 69.4 Å². The van der Waals surface area contributed by atoms with Crippen LogP contribution in [0.2, 0.25) is 0 Å². The van der Waals surface area contributed by atoms with E-state index in [0.29, 0.717) is 17.9 Å². The molecule has 2 fully saturated rings. The number of nitrogens with zero attached hydrogens (tertiary/aromatic N) is 3. The normalized spacial score (nSPS) is 14.7. The Balaban J connectivity index is 0.000000244. The largest absolute Gasteiger partial charge is 0.507 e. The molecule has 3 aromatic rings. The van der Waals surface area contributed by atoms with Crippen molar-refractivity contribution in [2.24, 2.45) is 0 Å². The Bertz CT molecular complexity index is 1070. The van der Waals surface area contributed by atoms with Crippen molar-refractivity contribution in [1.29, 1.82) is 0 Å². The number of aryl methyl sites for hydroxylation is 1. The number of ether oxygens (including phenoxy) is 1. The molecular weight excluding hydrogens is 432 g/mol. The molecule has 182 valence electrons. The van der Waals surface area contributed by atoms with Crippen molar-refractivity contribution in [2.75, 3.05) is 37.7 Å². The molecule has 3 N–H and O–H groups in total. The number of anilines is 1. The number of nitrogens with one attached hydrogen (secondary N) is 1. The molecule has 0 atom stereocenters. The van der Waals surface area contributed by atoms with Crippen molar-refractivity contribution >= 4 is 22.8 Å². The smallest absolute Gasteiger partial charge is 0.404 e. The fourth-order valence-electron chi connectivity index (χ4n) is 3.84. The Morgan fingerprint density at radius 2 is 1.76 bits per heavy atom. The average molecular weight is 467 g/mol. The summed E-state index contributed by atoms with van der Waals surface area (Å²) >= 11 is 0.